The molecular formula is C16H18FNO. The summed E-state index contributed by atoms with van der Waals surface area (Å²) in [6.45, 7) is 2.03. The third-order valence-electron chi connectivity index (χ3n) is 3.18. The van der Waals surface area contributed by atoms with Crippen LogP contribution in [0.15, 0.2) is 48.5 Å². The van der Waals surface area contributed by atoms with E-state index in [0.717, 1.165) is 23.2 Å². The van der Waals surface area contributed by atoms with Gasteiger partial charge in [0.2, 0.25) is 0 Å². The highest BCUT2D eigenvalue weighted by Crippen LogP contribution is 2.25. The lowest BCUT2D eigenvalue weighted by Crippen LogP contribution is -2.11. The van der Waals surface area contributed by atoms with Gasteiger partial charge in [-0.25, -0.2) is 4.39 Å². The van der Waals surface area contributed by atoms with Crippen molar-refractivity contribution in [3.05, 3.63) is 65.5 Å². The van der Waals surface area contributed by atoms with E-state index in [9.17, 15) is 9.50 Å². The molecule has 0 bridgehead atoms. The molecule has 2 aromatic rings. The molecule has 0 radical (unpaired) electrons. The molecule has 19 heavy (non-hydrogen) atoms. The number of hydrogen-bond donors (Lipinski definition) is 2. The molecule has 0 aromatic heterocycles. The molecule has 0 fully saturated rings. The number of hydrogen-bond acceptors (Lipinski definition) is 2. The maximum atomic E-state index is 13.3. The maximum Gasteiger partial charge on any atom is 0.123 e. The van der Waals surface area contributed by atoms with Gasteiger partial charge in [0.1, 0.15) is 5.82 Å². The zero-order valence-electron chi connectivity index (χ0n) is 10.9. The zero-order valence-corrected chi connectivity index (χ0v) is 10.9. The molecule has 0 amide bonds. The van der Waals surface area contributed by atoms with Gasteiger partial charge in [0.15, 0.2) is 0 Å². The molecule has 2 aromatic carbocycles. The fourth-order valence-electron chi connectivity index (χ4n) is 2.13. The minimum atomic E-state index is -0.229. The van der Waals surface area contributed by atoms with Crippen LogP contribution in [-0.2, 0) is 6.61 Å². The number of aliphatic hydroxyl groups is 1. The fraction of sp³-hybridized carbons (Fsp3) is 0.250. The van der Waals surface area contributed by atoms with Crippen molar-refractivity contribution in [3.8, 4) is 0 Å². The topological polar surface area (TPSA) is 32.3 Å². The van der Waals surface area contributed by atoms with E-state index in [2.05, 4.69) is 5.32 Å². The van der Waals surface area contributed by atoms with Gasteiger partial charge in [-0.05, 0) is 30.2 Å². The Morgan fingerprint density at radius 1 is 1.16 bits per heavy atom. The van der Waals surface area contributed by atoms with Crippen LogP contribution in [-0.4, -0.2) is 5.11 Å². The molecule has 0 aliphatic rings. The van der Waals surface area contributed by atoms with Gasteiger partial charge in [-0.1, -0.05) is 37.3 Å². The fourth-order valence-corrected chi connectivity index (χ4v) is 2.13. The van der Waals surface area contributed by atoms with Crippen LogP contribution in [0.4, 0.5) is 10.1 Å². The Kier molecular flexibility index (Phi) is 4.53. The lowest BCUT2D eigenvalue weighted by atomic mass is 10.0. The van der Waals surface area contributed by atoms with Gasteiger partial charge in [0.25, 0.3) is 0 Å². The quantitative estimate of drug-likeness (QED) is 0.854. The molecule has 100 valence electrons. The summed E-state index contributed by atoms with van der Waals surface area (Å²) in [5, 5.41) is 12.7. The molecule has 1 unspecified atom stereocenters. The van der Waals surface area contributed by atoms with Crippen LogP contribution in [0.3, 0.4) is 0 Å². The Labute approximate surface area is 112 Å². The molecule has 3 heteroatoms. The van der Waals surface area contributed by atoms with E-state index in [4.69, 9.17) is 0 Å². The van der Waals surface area contributed by atoms with Crippen LogP contribution in [0.1, 0.15) is 30.5 Å². The SMILES string of the molecule is CCC(Nc1ccccc1CO)c1cccc(F)c1. The van der Waals surface area contributed by atoms with E-state index in [1.165, 1.54) is 6.07 Å². The molecule has 0 saturated carbocycles. The van der Waals surface area contributed by atoms with Crippen LogP contribution in [0.2, 0.25) is 0 Å². The molecule has 0 aliphatic carbocycles. The highest BCUT2D eigenvalue weighted by Gasteiger charge is 2.11. The zero-order chi connectivity index (χ0) is 13.7. The maximum absolute atomic E-state index is 13.3. The first-order chi connectivity index (χ1) is 9.24. The molecule has 2 N–H and O–H groups in total. The number of para-hydroxylation sites is 1. The first-order valence-electron chi connectivity index (χ1n) is 6.45. The lowest BCUT2D eigenvalue weighted by molar-refractivity contribution is 0.282. The van der Waals surface area contributed by atoms with Crippen LogP contribution in [0.5, 0.6) is 0 Å². The average molecular weight is 259 g/mol. The third kappa shape index (κ3) is 3.32. The summed E-state index contributed by atoms with van der Waals surface area (Å²) in [4.78, 5) is 0. The summed E-state index contributed by atoms with van der Waals surface area (Å²) in [6.07, 6.45) is 0.837. The molecule has 2 nitrogen and oxygen atoms in total. The second-order valence-electron chi connectivity index (χ2n) is 4.48. The van der Waals surface area contributed by atoms with Crippen LogP contribution < -0.4 is 5.32 Å². The Hall–Kier alpha value is -1.87. The van der Waals surface area contributed by atoms with E-state index in [-0.39, 0.29) is 18.5 Å². The first-order valence-corrected chi connectivity index (χ1v) is 6.45. The van der Waals surface area contributed by atoms with E-state index in [1.807, 2.05) is 37.3 Å². The standard InChI is InChI=1S/C16H18FNO/c1-2-15(12-7-5-8-14(17)10-12)18-16-9-4-3-6-13(16)11-19/h3-10,15,18-19H,2,11H2,1H3. The van der Waals surface area contributed by atoms with Crippen molar-refractivity contribution < 1.29 is 9.50 Å². The van der Waals surface area contributed by atoms with Gasteiger partial charge in [-0.15, -0.1) is 0 Å². The van der Waals surface area contributed by atoms with Gasteiger partial charge in [0.05, 0.1) is 12.6 Å². The number of benzene rings is 2. The predicted molar refractivity (Wildman–Crippen MR) is 75.4 cm³/mol. The van der Waals surface area contributed by atoms with E-state index < -0.39 is 0 Å². The Balaban J connectivity index is 2.24. The molecule has 1 atom stereocenters. The molecule has 0 heterocycles. The normalized spacial score (nSPS) is 12.2. The highest BCUT2D eigenvalue weighted by molar-refractivity contribution is 5.52. The largest absolute Gasteiger partial charge is 0.392 e. The summed E-state index contributed by atoms with van der Waals surface area (Å²) < 4.78 is 13.3. The third-order valence-corrected chi connectivity index (χ3v) is 3.18. The molecule has 0 aliphatic heterocycles. The Morgan fingerprint density at radius 2 is 1.95 bits per heavy atom. The van der Waals surface area contributed by atoms with Crippen LogP contribution in [0, 0.1) is 5.82 Å². The van der Waals surface area contributed by atoms with Crippen molar-refractivity contribution in [2.45, 2.75) is 26.0 Å². The minimum absolute atomic E-state index is 0.0112. The summed E-state index contributed by atoms with van der Waals surface area (Å²) in [5.41, 5.74) is 2.65. The van der Waals surface area contributed by atoms with E-state index in [0.29, 0.717) is 0 Å². The number of halogens is 1. The first kappa shape index (κ1) is 13.6. The van der Waals surface area contributed by atoms with Gasteiger partial charge >= 0.3 is 0 Å². The number of rotatable bonds is 5. The van der Waals surface area contributed by atoms with Gasteiger partial charge in [0, 0.05) is 11.3 Å². The van der Waals surface area contributed by atoms with Crippen LogP contribution >= 0.6 is 0 Å². The smallest absolute Gasteiger partial charge is 0.123 e. The van der Waals surface area contributed by atoms with Crippen molar-refractivity contribution in [1.82, 2.24) is 0 Å². The number of anilines is 1. The second kappa shape index (κ2) is 6.34. The average Bonchev–Trinajstić information content (AvgIpc) is 2.45. The van der Waals surface area contributed by atoms with Crippen molar-refractivity contribution in [3.63, 3.8) is 0 Å². The lowest BCUT2D eigenvalue weighted by Gasteiger charge is -2.20. The van der Waals surface area contributed by atoms with E-state index >= 15 is 0 Å². The van der Waals surface area contributed by atoms with Gasteiger partial charge in [-0.3, -0.25) is 0 Å². The predicted octanol–water partition coefficient (Wildman–Crippen LogP) is 3.88. The number of aliphatic hydroxyl groups excluding tert-OH is 1. The summed E-state index contributed by atoms with van der Waals surface area (Å²) in [6, 6.07) is 14.2. The molecule has 2 rings (SSSR count). The van der Waals surface area contributed by atoms with Gasteiger partial charge in [-0.2, -0.15) is 0 Å². The van der Waals surface area contributed by atoms with E-state index in [1.54, 1.807) is 12.1 Å². The van der Waals surface area contributed by atoms with Crippen molar-refractivity contribution in [1.29, 1.82) is 0 Å². The molecular weight excluding hydrogens is 241 g/mol. The highest BCUT2D eigenvalue weighted by atomic mass is 19.1. The Morgan fingerprint density at radius 3 is 2.63 bits per heavy atom. The van der Waals surface area contributed by atoms with Gasteiger partial charge < -0.3 is 10.4 Å². The van der Waals surface area contributed by atoms with Crippen LogP contribution in [0.25, 0.3) is 0 Å². The second-order valence-corrected chi connectivity index (χ2v) is 4.48. The summed E-state index contributed by atoms with van der Waals surface area (Å²) in [5.74, 6) is -0.229. The summed E-state index contributed by atoms with van der Waals surface area (Å²) >= 11 is 0. The van der Waals surface area contributed by atoms with Crippen molar-refractivity contribution in [2.24, 2.45) is 0 Å². The molecule has 0 saturated heterocycles. The van der Waals surface area contributed by atoms with Crippen molar-refractivity contribution in [2.75, 3.05) is 5.32 Å². The number of nitrogens with one attached hydrogen (secondary N) is 1. The molecule has 0 spiro atoms. The summed E-state index contributed by atoms with van der Waals surface area (Å²) in [7, 11) is 0. The monoisotopic (exact) mass is 259 g/mol. The van der Waals surface area contributed by atoms with Crippen molar-refractivity contribution >= 4 is 5.69 Å². The Bertz CT molecular complexity index is 542. The minimum Gasteiger partial charge on any atom is -0.392 e.